The van der Waals surface area contributed by atoms with Gasteiger partial charge in [-0.1, -0.05) is 18.6 Å². The summed E-state index contributed by atoms with van der Waals surface area (Å²) in [5.74, 6) is -0.150. The van der Waals surface area contributed by atoms with Crippen LogP contribution in [0.2, 0.25) is 0 Å². The zero-order chi connectivity index (χ0) is 14.0. The molecule has 4 nitrogen and oxygen atoms in total. The van der Waals surface area contributed by atoms with Gasteiger partial charge in [0.1, 0.15) is 6.04 Å². The second-order valence-corrected chi connectivity index (χ2v) is 5.55. The molecular weight excluding hydrogens is 308 g/mol. The fourth-order valence-electron chi connectivity index (χ4n) is 2.32. The van der Waals surface area contributed by atoms with Crippen LogP contribution in [0.4, 0.5) is 0 Å². The van der Waals surface area contributed by atoms with Gasteiger partial charge in [-0.25, -0.2) is 0 Å². The molecule has 0 saturated carbocycles. The maximum absolute atomic E-state index is 12.6. The van der Waals surface area contributed by atoms with E-state index >= 15 is 0 Å². The normalized spacial score (nSPS) is 19.2. The Kier molecular flexibility index (Phi) is 4.24. The number of carbonyl (C=O) groups is 2. The van der Waals surface area contributed by atoms with Crippen molar-refractivity contribution in [1.82, 2.24) is 10.2 Å². The molecule has 0 spiro atoms. The SMILES string of the molecule is CCC1C(=O)NCCN1C(=O)c1cc(C)ccc1Br. The maximum atomic E-state index is 12.6. The van der Waals surface area contributed by atoms with Gasteiger partial charge in [0.2, 0.25) is 5.91 Å². The molecule has 1 aliphatic heterocycles. The summed E-state index contributed by atoms with van der Waals surface area (Å²) in [7, 11) is 0. The second kappa shape index (κ2) is 5.74. The number of carbonyl (C=O) groups excluding carboxylic acids is 2. The zero-order valence-electron chi connectivity index (χ0n) is 11.1. The van der Waals surface area contributed by atoms with Gasteiger partial charge in [0.05, 0.1) is 5.56 Å². The molecule has 0 aromatic heterocycles. The molecule has 0 bridgehead atoms. The van der Waals surface area contributed by atoms with Crippen molar-refractivity contribution in [2.24, 2.45) is 0 Å². The van der Waals surface area contributed by atoms with Crippen molar-refractivity contribution in [3.8, 4) is 0 Å². The number of halogens is 1. The van der Waals surface area contributed by atoms with E-state index in [4.69, 9.17) is 0 Å². The van der Waals surface area contributed by atoms with Gasteiger partial charge in [-0.05, 0) is 41.4 Å². The summed E-state index contributed by atoms with van der Waals surface area (Å²) in [6.45, 7) is 4.94. The maximum Gasteiger partial charge on any atom is 0.255 e. The van der Waals surface area contributed by atoms with Crippen LogP contribution in [0, 0.1) is 6.92 Å². The second-order valence-electron chi connectivity index (χ2n) is 4.70. The Morgan fingerprint density at radius 2 is 2.26 bits per heavy atom. The molecule has 1 atom stereocenters. The van der Waals surface area contributed by atoms with E-state index in [1.54, 1.807) is 4.90 Å². The van der Waals surface area contributed by atoms with Crippen molar-refractivity contribution < 1.29 is 9.59 Å². The minimum absolute atomic E-state index is 0.0640. The van der Waals surface area contributed by atoms with Gasteiger partial charge in [0.15, 0.2) is 0 Å². The number of aryl methyl sites for hydroxylation is 1. The van der Waals surface area contributed by atoms with Crippen LogP contribution < -0.4 is 5.32 Å². The lowest BCUT2D eigenvalue weighted by atomic mass is 10.1. The molecule has 1 aromatic rings. The van der Waals surface area contributed by atoms with Crippen molar-refractivity contribution in [3.63, 3.8) is 0 Å². The molecule has 1 unspecified atom stereocenters. The number of hydrogen-bond acceptors (Lipinski definition) is 2. The molecule has 1 aliphatic rings. The smallest absolute Gasteiger partial charge is 0.255 e. The summed E-state index contributed by atoms with van der Waals surface area (Å²) >= 11 is 3.41. The first-order chi connectivity index (χ1) is 9.04. The summed E-state index contributed by atoms with van der Waals surface area (Å²) in [6, 6.07) is 5.30. The van der Waals surface area contributed by atoms with Crippen molar-refractivity contribution in [2.45, 2.75) is 26.3 Å². The number of nitrogens with zero attached hydrogens (tertiary/aromatic N) is 1. The summed E-state index contributed by atoms with van der Waals surface area (Å²) in [5, 5.41) is 2.80. The highest BCUT2D eigenvalue weighted by Gasteiger charge is 2.32. The topological polar surface area (TPSA) is 49.4 Å². The Morgan fingerprint density at radius 3 is 2.95 bits per heavy atom. The fourth-order valence-corrected chi connectivity index (χ4v) is 2.74. The lowest BCUT2D eigenvalue weighted by Gasteiger charge is -2.34. The average molecular weight is 325 g/mol. The van der Waals surface area contributed by atoms with Gasteiger partial charge in [-0.2, -0.15) is 0 Å². The largest absolute Gasteiger partial charge is 0.353 e. The lowest BCUT2D eigenvalue weighted by molar-refractivity contribution is -0.127. The highest BCUT2D eigenvalue weighted by Crippen LogP contribution is 2.22. The molecule has 102 valence electrons. The first kappa shape index (κ1) is 14.1. The van der Waals surface area contributed by atoms with Crippen LogP contribution in [0.15, 0.2) is 22.7 Å². The van der Waals surface area contributed by atoms with E-state index in [2.05, 4.69) is 21.2 Å². The molecule has 2 amide bonds. The third-order valence-electron chi connectivity index (χ3n) is 3.33. The van der Waals surface area contributed by atoms with Gasteiger partial charge in [0, 0.05) is 17.6 Å². The molecule has 0 radical (unpaired) electrons. The highest BCUT2D eigenvalue weighted by molar-refractivity contribution is 9.10. The number of hydrogen-bond donors (Lipinski definition) is 1. The first-order valence-electron chi connectivity index (χ1n) is 6.39. The van der Waals surface area contributed by atoms with Crippen LogP contribution >= 0.6 is 15.9 Å². The van der Waals surface area contributed by atoms with Crippen LogP contribution in [0.1, 0.15) is 29.3 Å². The van der Waals surface area contributed by atoms with Gasteiger partial charge in [-0.3, -0.25) is 9.59 Å². The third kappa shape index (κ3) is 2.81. The number of benzene rings is 1. The Bertz CT molecular complexity index is 516. The van der Waals surface area contributed by atoms with Crippen molar-refractivity contribution in [3.05, 3.63) is 33.8 Å². The van der Waals surface area contributed by atoms with Crippen LogP contribution in [0.3, 0.4) is 0 Å². The van der Waals surface area contributed by atoms with E-state index in [9.17, 15) is 9.59 Å². The summed E-state index contributed by atoms with van der Waals surface area (Å²) < 4.78 is 0.768. The Labute approximate surface area is 121 Å². The summed E-state index contributed by atoms with van der Waals surface area (Å²) in [6.07, 6.45) is 0.626. The molecule has 1 saturated heterocycles. The van der Waals surface area contributed by atoms with Crippen LogP contribution in [0.5, 0.6) is 0 Å². The van der Waals surface area contributed by atoms with E-state index in [1.165, 1.54) is 0 Å². The predicted molar refractivity (Wildman–Crippen MR) is 77.0 cm³/mol. The lowest BCUT2D eigenvalue weighted by Crippen LogP contribution is -2.56. The van der Waals surface area contributed by atoms with Crippen LogP contribution in [0.25, 0.3) is 0 Å². The molecule has 1 N–H and O–H groups in total. The monoisotopic (exact) mass is 324 g/mol. The molecule has 1 fully saturated rings. The first-order valence-corrected chi connectivity index (χ1v) is 7.18. The number of rotatable bonds is 2. The van der Waals surface area contributed by atoms with Crippen LogP contribution in [-0.2, 0) is 4.79 Å². The number of amides is 2. The fraction of sp³-hybridized carbons (Fsp3) is 0.429. The summed E-state index contributed by atoms with van der Waals surface area (Å²) in [4.78, 5) is 26.1. The quantitative estimate of drug-likeness (QED) is 0.905. The van der Waals surface area contributed by atoms with E-state index in [0.717, 1.165) is 10.0 Å². The standard InChI is InChI=1S/C14H17BrN2O2/c1-3-12-13(18)16-6-7-17(12)14(19)10-8-9(2)4-5-11(10)15/h4-5,8,12H,3,6-7H2,1-2H3,(H,16,18). The molecular formula is C14H17BrN2O2. The van der Waals surface area contributed by atoms with Crippen LogP contribution in [-0.4, -0.2) is 35.8 Å². The molecule has 0 aliphatic carbocycles. The molecule has 1 aromatic carbocycles. The van der Waals surface area contributed by atoms with Crippen molar-refractivity contribution >= 4 is 27.7 Å². The third-order valence-corrected chi connectivity index (χ3v) is 4.02. The molecule has 1 heterocycles. The van der Waals surface area contributed by atoms with E-state index in [-0.39, 0.29) is 17.9 Å². The minimum Gasteiger partial charge on any atom is -0.353 e. The van der Waals surface area contributed by atoms with Crippen molar-refractivity contribution in [1.29, 1.82) is 0 Å². The molecule has 5 heteroatoms. The van der Waals surface area contributed by atoms with E-state index < -0.39 is 0 Å². The molecule has 19 heavy (non-hydrogen) atoms. The predicted octanol–water partition coefficient (Wildman–Crippen LogP) is 2.11. The zero-order valence-corrected chi connectivity index (χ0v) is 12.7. The van der Waals surface area contributed by atoms with Gasteiger partial charge in [-0.15, -0.1) is 0 Å². The summed E-state index contributed by atoms with van der Waals surface area (Å²) in [5.41, 5.74) is 1.65. The average Bonchev–Trinajstić information content (AvgIpc) is 2.40. The highest BCUT2D eigenvalue weighted by atomic mass is 79.9. The van der Waals surface area contributed by atoms with Crippen molar-refractivity contribution in [2.75, 3.05) is 13.1 Å². The van der Waals surface area contributed by atoms with E-state index in [1.807, 2.05) is 32.0 Å². The van der Waals surface area contributed by atoms with Gasteiger partial charge in [0.25, 0.3) is 5.91 Å². The Hall–Kier alpha value is -1.36. The Balaban J connectivity index is 2.32. The number of nitrogens with one attached hydrogen (secondary N) is 1. The van der Waals surface area contributed by atoms with E-state index in [0.29, 0.717) is 25.1 Å². The Morgan fingerprint density at radius 1 is 1.53 bits per heavy atom. The number of piperazine rings is 1. The van der Waals surface area contributed by atoms with Gasteiger partial charge < -0.3 is 10.2 Å². The molecule has 2 rings (SSSR count). The minimum atomic E-state index is -0.367. The van der Waals surface area contributed by atoms with Gasteiger partial charge >= 0.3 is 0 Å².